The van der Waals surface area contributed by atoms with Gasteiger partial charge in [0.25, 0.3) is 0 Å². The smallest absolute Gasteiger partial charge is 0.163 e. The summed E-state index contributed by atoms with van der Waals surface area (Å²) in [5, 5.41) is 5.07. The summed E-state index contributed by atoms with van der Waals surface area (Å²) in [6, 6.07) is 8.97. The van der Waals surface area contributed by atoms with E-state index in [2.05, 4.69) is 5.32 Å². The zero-order valence-corrected chi connectivity index (χ0v) is 17.8. The highest BCUT2D eigenvalue weighted by Crippen LogP contribution is 2.35. The lowest BCUT2D eigenvalue weighted by Crippen LogP contribution is -2.16. The highest BCUT2D eigenvalue weighted by Gasteiger charge is 2.13. The molecule has 148 valence electrons. The monoisotopic (exact) mass is 431 g/mol. The molecule has 0 radical (unpaired) electrons. The maximum Gasteiger partial charge on any atom is 0.163 e. The predicted octanol–water partition coefficient (Wildman–Crippen LogP) is 5.75. The van der Waals surface area contributed by atoms with Crippen molar-refractivity contribution in [1.29, 1.82) is 0 Å². The van der Waals surface area contributed by atoms with Crippen molar-refractivity contribution in [3.05, 3.63) is 56.5 Å². The van der Waals surface area contributed by atoms with Crippen molar-refractivity contribution in [1.82, 2.24) is 5.32 Å². The van der Waals surface area contributed by atoms with Crippen LogP contribution in [0.2, 0.25) is 15.1 Å². The van der Waals surface area contributed by atoms with E-state index < -0.39 is 0 Å². The summed E-state index contributed by atoms with van der Waals surface area (Å²) in [6.07, 6.45) is 0.947. The van der Waals surface area contributed by atoms with Crippen molar-refractivity contribution in [2.45, 2.75) is 26.5 Å². The van der Waals surface area contributed by atoms with Gasteiger partial charge in [-0.15, -0.1) is 0 Å². The summed E-state index contributed by atoms with van der Waals surface area (Å²) in [5.41, 5.74) is 1.66. The Balaban J connectivity index is 2.00. The van der Waals surface area contributed by atoms with Crippen molar-refractivity contribution in [2.24, 2.45) is 0 Å². The quantitative estimate of drug-likeness (QED) is 0.459. The molecule has 0 atom stereocenters. The topological polar surface area (TPSA) is 39.7 Å². The van der Waals surface area contributed by atoms with Crippen LogP contribution in [-0.4, -0.2) is 26.9 Å². The van der Waals surface area contributed by atoms with Gasteiger partial charge in [0.2, 0.25) is 0 Å². The van der Waals surface area contributed by atoms with Crippen molar-refractivity contribution >= 4 is 34.8 Å². The molecule has 0 aliphatic heterocycles. The molecular weight excluding hydrogens is 409 g/mol. The van der Waals surface area contributed by atoms with Crippen LogP contribution in [-0.2, 0) is 17.9 Å². The summed E-state index contributed by atoms with van der Waals surface area (Å²) in [5.74, 6) is 1.15. The Bertz CT molecular complexity index is 720. The molecule has 0 saturated carbocycles. The Morgan fingerprint density at radius 2 is 1.74 bits per heavy atom. The number of nitrogens with one attached hydrogen (secondary N) is 1. The van der Waals surface area contributed by atoms with Crippen LogP contribution in [0.25, 0.3) is 0 Å². The van der Waals surface area contributed by atoms with Gasteiger partial charge >= 0.3 is 0 Å². The second kappa shape index (κ2) is 11.6. The first-order valence-corrected chi connectivity index (χ1v) is 9.90. The molecule has 0 aliphatic carbocycles. The number of methoxy groups -OCH3 is 1. The summed E-state index contributed by atoms with van der Waals surface area (Å²) in [4.78, 5) is 0. The molecule has 0 fully saturated rings. The molecule has 2 rings (SSSR count). The van der Waals surface area contributed by atoms with E-state index in [4.69, 9.17) is 49.0 Å². The second-order valence-electron chi connectivity index (χ2n) is 5.81. The molecule has 2 aromatic rings. The van der Waals surface area contributed by atoms with Gasteiger partial charge in [-0.2, -0.15) is 0 Å². The highest BCUT2D eigenvalue weighted by molar-refractivity contribution is 6.36. The first kappa shape index (κ1) is 22.1. The molecule has 0 heterocycles. The van der Waals surface area contributed by atoms with Crippen LogP contribution >= 0.6 is 34.8 Å². The molecule has 0 aliphatic rings. The van der Waals surface area contributed by atoms with Gasteiger partial charge < -0.3 is 19.5 Å². The SMILES string of the molecule is CCOCCCNCc1cc(OC)c(OCc2c(Cl)cccc2Cl)cc1Cl. The number of ether oxygens (including phenoxy) is 3. The highest BCUT2D eigenvalue weighted by atomic mass is 35.5. The van der Waals surface area contributed by atoms with Crippen LogP contribution in [0, 0.1) is 0 Å². The lowest BCUT2D eigenvalue weighted by atomic mass is 10.2. The molecule has 0 saturated heterocycles. The van der Waals surface area contributed by atoms with Gasteiger partial charge in [-0.1, -0.05) is 40.9 Å². The molecule has 1 N–H and O–H groups in total. The van der Waals surface area contributed by atoms with Crippen molar-refractivity contribution in [3.63, 3.8) is 0 Å². The van der Waals surface area contributed by atoms with Gasteiger partial charge in [0.15, 0.2) is 11.5 Å². The molecular formula is C20H24Cl3NO3. The third-order valence-corrected chi connectivity index (χ3v) is 4.99. The van der Waals surface area contributed by atoms with Crippen LogP contribution in [0.15, 0.2) is 30.3 Å². The van der Waals surface area contributed by atoms with Crippen LogP contribution in [0.5, 0.6) is 11.5 Å². The first-order valence-electron chi connectivity index (χ1n) is 8.77. The largest absolute Gasteiger partial charge is 0.493 e. The maximum atomic E-state index is 6.41. The summed E-state index contributed by atoms with van der Waals surface area (Å²) >= 11 is 18.8. The van der Waals surface area contributed by atoms with E-state index >= 15 is 0 Å². The van der Waals surface area contributed by atoms with Crippen LogP contribution < -0.4 is 14.8 Å². The molecule has 0 bridgehead atoms. The fourth-order valence-corrected chi connectivity index (χ4v) is 3.20. The van der Waals surface area contributed by atoms with E-state index in [1.54, 1.807) is 31.4 Å². The van der Waals surface area contributed by atoms with Gasteiger partial charge in [0.05, 0.1) is 7.11 Å². The summed E-state index contributed by atoms with van der Waals surface area (Å²) in [6.45, 7) is 5.19. The molecule has 0 amide bonds. The summed E-state index contributed by atoms with van der Waals surface area (Å²) in [7, 11) is 1.60. The van der Waals surface area contributed by atoms with E-state index in [0.717, 1.165) is 37.3 Å². The molecule has 0 aromatic heterocycles. The third-order valence-electron chi connectivity index (χ3n) is 3.93. The van der Waals surface area contributed by atoms with Gasteiger partial charge in [-0.25, -0.2) is 0 Å². The zero-order chi connectivity index (χ0) is 19.6. The average molecular weight is 433 g/mol. The lowest BCUT2D eigenvalue weighted by molar-refractivity contribution is 0.144. The van der Waals surface area contributed by atoms with E-state index in [-0.39, 0.29) is 6.61 Å². The van der Waals surface area contributed by atoms with E-state index in [1.165, 1.54) is 0 Å². The van der Waals surface area contributed by atoms with Crippen LogP contribution in [0.4, 0.5) is 0 Å². The lowest BCUT2D eigenvalue weighted by Gasteiger charge is -2.15. The number of halogens is 3. The van der Waals surface area contributed by atoms with Gasteiger partial charge in [-0.05, 0) is 43.7 Å². The molecule has 2 aromatic carbocycles. The number of hydrogen-bond acceptors (Lipinski definition) is 4. The molecule has 7 heteroatoms. The van der Waals surface area contributed by atoms with Gasteiger partial charge in [0, 0.05) is 46.5 Å². The second-order valence-corrected chi connectivity index (χ2v) is 7.03. The number of rotatable bonds is 11. The normalized spacial score (nSPS) is 10.9. The standard InChI is InChI=1S/C20H24Cl3NO3/c1-3-26-9-5-8-24-12-14-10-19(25-2)20(11-18(14)23)27-13-15-16(21)6-4-7-17(15)22/h4,6-7,10-11,24H,3,5,8-9,12-13H2,1-2H3. The Kier molecular flexibility index (Phi) is 9.52. The molecule has 0 spiro atoms. The minimum atomic E-state index is 0.222. The Hall–Kier alpha value is -1.17. The van der Waals surface area contributed by atoms with Crippen LogP contribution in [0.1, 0.15) is 24.5 Å². The minimum Gasteiger partial charge on any atom is -0.493 e. The summed E-state index contributed by atoms with van der Waals surface area (Å²) < 4.78 is 16.6. The Morgan fingerprint density at radius 1 is 1.00 bits per heavy atom. The van der Waals surface area contributed by atoms with Gasteiger partial charge in [-0.3, -0.25) is 0 Å². The predicted molar refractivity (Wildman–Crippen MR) is 112 cm³/mol. The molecule has 4 nitrogen and oxygen atoms in total. The first-order chi connectivity index (χ1) is 13.1. The van der Waals surface area contributed by atoms with Crippen molar-refractivity contribution in [2.75, 3.05) is 26.9 Å². The van der Waals surface area contributed by atoms with E-state index in [9.17, 15) is 0 Å². The van der Waals surface area contributed by atoms with E-state index in [1.807, 2.05) is 13.0 Å². The van der Waals surface area contributed by atoms with Gasteiger partial charge in [0.1, 0.15) is 6.61 Å². The van der Waals surface area contributed by atoms with Crippen molar-refractivity contribution in [3.8, 4) is 11.5 Å². The Labute approximate surface area is 175 Å². The minimum absolute atomic E-state index is 0.222. The fourth-order valence-electron chi connectivity index (χ4n) is 2.47. The molecule has 27 heavy (non-hydrogen) atoms. The third kappa shape index (κ3) is 6.74. The molecule has 0 unspecified atom stereocenters. The maximum absolute atomic E-state index is 6.41. The van der Waals surface area contributed by atoms with Crippen molar-refractivity contribution < 1.29 is 14.2 Å². The van der Waals surface area contributed by atoms with Crippen LogP contribution in [0.3, 0.4) is 0 Å². The fraction of sp³-hybridized carbons (Fsp3) is 0.400. The average Bonchev–Trinajstić information content (AvgIpc) is 2.65. The number of benzene rings is 2. The van der Waals surface area contributed by atoms with E-state index in [0.29, 0.717) is 33.1 Å². The Morgan fingerprint density at radius 3 is 2.41 bits per heavy atom. The number of hydrogen-bond donors (Lipinski definition) is 1. The zero-order valence-electron chi connectivity index (χ0n) is 15.5.